The summed E-state index contributed by atoms with van der Waals surface area (Å²) in [6, 6.07) is 0.747. The zero-order valence-electron chi connectivity index (χ0n) is 12.5. The van der Waals surface area contributed by atoms with Crippen LogP contribution in [-0.4, -0.2) is 31.5 Å². The molecule has 17 heavy (non-hydrogen) atoms. The van der Waals surface area contributed by atoms with Gasteiger partial charge in [-0.25, -0.2) is 0 Å². The molecule has 0 aromatic carbocycles. The zero-order chi connectivity index (χ0) is 13.3. The van der Waals surface area contributed by atoms with E-state index in [2.05, 4.69) is 61.7 Å². The molecule has 0 spiro atoms. The van der Waals surface area contributed by atoms with Crippen molar-refractivity contribution in [3.8, 4) is 0 Å². The van der Waals surface area contributed by atoms with Crippen molar-refractivity contribution in [2.24, 2.45) is 0 Å². The summed E-state index contributed by atoms with van der Waals surface area (Å²) in [5, 5.41) is 4.74. The molecule has 0 unspecified atom stereocenters. The summed E-state index contributed by atoms with van der Waals surface area (Å²) >= 11 is 3.62. The molecule has 1 nitrogen and oxygen atoms in total. The summed E-state index contributed by atoms with van der Waals surface area (Å²) in [4.78, 5) is 0. The second kappa shape index (κ2) is 5.49. The molecule has 1 aliphatic carbocycles. The minimum absolute atomic E-state index is 0.336. The molecule has 1 fully saturated rings. The predicted octanol–water partition coefficient (Wildman–Crippen LogP) is 4.52. The number of rotatable bonds is 2. The fourth-order valence-electron chi connectivity index (χ4n) is 2.88. The van der Waals surface area contributed by atoms with Gasteiger partial charge in [-0.3, -0.25) is 0 Å². The monoisotopic (exact) mass is 323 g/mol. The van der Waals surface area contributed by atoms with Crippen LogP contribution in [0.2, 0.25) is 0 Å². The summed E-state index contributed by atoms with van der Waals surface area (Å²) in [5.41, 5.74) is -1.28. The van der Waals surface area contributed by atoms with Gasteiger partial charge in [0.15, 0.2) is 0 Å². The van der Waals surface area contributed by atoms with E-state index in [4.69, 9.17) is 0 Å². The van der Waals surface area contributed by atoms with Crippen molar-refractivity contribution in [1.82, 2.24) is 5.09 Å². The maximum atomic E-state index is 4.07. The van der Waals surface area contributed by atoms with Gasteiger partial charge in [-0.2, -0.15) is 0 Å². The Kier molecular flexibility index (Phi) is 5.16. The van der Waals surface area contributed by atoms with E-state index < -0.39 is 5.66 Å². The SMILES string of the molecule is CC(C)(C)P(=[Se])(NC1CCCCC1)C(C)(C)C. The Hall–Kier alpha value is 0.909. The molecular weight excluding hydrogens is 292 g/mol. The van der Waals surface area contributed by atoms with Gasteiger partial charge in [-0.05, 0) is 0 Å². The third-order valence-electron chi connectivity index (χ3n) is 3.86. The van der Waals surface area contributed by atoms with E-state index in [-0.39, 0.29) is 0 Å². The molecule has 0 aliphatic heterocycles. The van der Waals surface area contributed by atoms with Gasteiger partial charge in [-0.1, -0.05) is 0 Å². The molecule has 0 amide bonds. The molecule has 0 heterocycles. The van der Waals surface area contributed by atoms with Crippen molar-refractivity contribution in [3.63, 3.8) is 0 Å². The summed E-state index contributed by atoms with van der Waals surface area (Å²) in [7, 11) is 0. The van der Waals surface area contributed by atoms with Crippen LogP contribution in [0.25, 0.3) is 0 Å². The maximum absolute atomic E-state index is 4.07. The molecular formula is C14H30NPSe. The van der Waals surface area contributed by atoms with Crippen LogP contribution in [0.1, 0.15) is 73.6 Å². The van der Waals surface area contributed by atoms with E-state index in [1.807, 2.05) is 0 Å². The number of nitrogens with one attached hydrogen (secondary N) is 1. The summed E-state index contributed by atoms with van der Waals surface area (Å²) < 4.78 is 0. The van der Waals surface area contributed by atoms with Crippen molar-refractivity contribution < 1.29 is 0 Å². The van der Waals surface area contributed by atoms with Gasteiger partial charge in [0.1, 0.15) is 0 Å². The van der Waals surface area contributed by atoms with E-state index in [1.54, 1.807) is 0 Å². The normalized spacial score (nSPS) is 20.6. The van der Waals surface area contributed by atoms with E-state index in [9.17, 15) is 0 Å². The van der Waals surface area contributed by atoms with Crippen molar-refractivity contribution in [1.29, 1.82) is 0 Å². The fourth-order valence-corrected chi connectivity index (χ4v) is 7.38. The summed E-state index contributed by atoms with van der Waals surface area (Å²) in [6.45, 7) is 14.3. The molecule has 0 aromatic rings. The Morgan fingerprint density at radius 2 is 1.29 bits per heavy atom. The average molecular weight is 322 g/mol. The quantitative estimate of drug-likeness (QED) is 0.582. The molecule has 1 saturated carbocycles. The van der Waals surface area contributed by atoms with Crippen LogP contribution in [0.3, 0.4) is 0 Å². The van der Waals surface area contributed by atoms with Crippen molar-refractivity contribution in [2.75, 3.05) is 0 Å². The zero-order valence-corrected chi connectivity index (χ0v) is 15.1. The molecule has 0 saturated heterocycles. The first-order valence-corrected chi connectivity index (χ1v) is 11.0. The van der Waals surface area contributed by atoms with E-state index in [1.165, 1.54) is 32.1 Å². The molecule has 102 valence electrons. The second-order valence-electron chi connectivity index (χ2n) is 7.41. The summed E-state index contributed by atoms with van der Waals surface area (Å²) in [6.07, 6.45) is 6.99. The topological polar surface area (TPSA) is 12.0 Å². The predicted molar refractivity (Wildman–Crippen MR) is 82.2 cm³/mol. The first-order valence-electron chi connectivity index (χ1n) is 6.96. The van der Waals surface area contributed by atoms with Gasteiger partial charge in [0.25, 0.3) is 0 Å². The standard InChI is InChI=1S/C14H30NPSe/c1-13(2,3)16(17,14(4,5)6)15-12-10-8-7-9-11-12/h12H,7-11H2,1-6H3,(H,15,17). The molecule has 1 aliphatic rings. The van der Waals surface area contributed by atoms with E-state index in [0.29, 0.717) is 10.3 Å². The van der Waals surface area contributed by atoms with Crippen molar-refractivity contribution in [2.45, 2.75) is 90.0 Å². The second-order valence-corrected chi connectivity index (χ2v) is 15.0. The van der Waals surface area contributed by atoms with Crippen LogP contribution >= 0.6 is 5.66 Å². The number of hydrogen-bond donors (Lipinski definition) is 1. The molecule has 0 aromatic heterocycles. The Morgan fingerprint density at radius 1 is 0.882 bits per heavy atom. The van der Waals surface area contributed by atoms with Crippen molar-refractivity contribution >= 4 is 20.8 Å². The Bertz CT molecular complexity index is 274. The van der Waals surface area contributed by atoms with Crippen LogP contribution in [0.15, 0.2) is 0 Å². The van der Waals surface area contributed by atoms with Crippen LogP contribution in [0.4, 0.5) is 0 Å². The Labute approximate surface area is 116 Å². The fraction of sp³-hybridized carbons (Fsp3) is 1.00. The third-order valence-corrected chi connectivity index (χ3v) is 15.9. The van der Waals surface area contributed by atoms with Crippen LogP contribution in [-0.2, 0) is 0 Å². The summed E-state index contributed by atoms with van der Waals surface area (Å²) in [5.74, 6) is 0. The van der Waals surface area contributed by atoms with Gasteiger partial charge in [-0.15, -0.1) is 0 Å². The van der Waals surface area contributed by atoms with Gasteiger partial charge in [0.05, 0.1) is 0 Å². The first kappa shape index (κ1) is 16.0. The molecule has 0 radical (unpaired) electrons. The molecule has 0 bridgehead atoms. The van der Waals surface area contributed by atoms with Crippen LogP contribution in [0, 0.1) is 0 Å². The van der Waals surface area contributed by atoms with Crippen LogP contribution in [0.5, 0.6) is 0 Å². The molecule has 0 atom stereocenters. The third kappa shape index (κ3) is 3.69. The minimum atomic E-state index is -1.28. The van der Waals surface area contributed by atoms with Gasteiger partial charge in [0, 0.05) is 0 Å². The van der Waals surface area contributed by atoms with Gasteiger partial charge < -0.3 is 0 Å². The van der Waals surface area contributed by atoms with Gasteiger partial charge >= 0.3 is 116 Å². The van der Waals surface area contributed by atoms with Crippen molar-refractivity contribution in [3.05, 3.63) is 0 Å². The van der Waals surface area contributed by atoms with E-state index in [0.717, 1.165) is 6.04 Å². The molecule has 1 N–H and O–H groups in total. The Morgan fingerprint density at radius 3 is 1.65 bits per heavy atom. The number of hydrogen-bond acceptors (Lipinski definition) is 1. The average Bonchev–Trinajstić information content (AvgIpc) is 2.15. The molecule has 3 heteroatoms. The first-order chi connectivity index (χ1) is 7.58. The Balaban J connectivity index is 2.89. The van der Waals surface area contributed by atoms with Gasteiger partial charge in [0.2, 0.25) is 0 Å². The van der Waals surface area contributed by atoms with Crippen LogP contribution < -0.4 is 5.09 Å². The van der Waals surface area contributed by atoms with E-state index >= 15 is 0 Å². The molecule has 1 rings (SSSR count).